The van der Waals surface area contributed by atoms with Crippen molar-refractivity contribution < 1.29 is 9.59 Å². The molecule has 3 N–H and O–H groups in total. The van der Waals surface area contributed by atoms with E-state index in [1.807, 2.05) is 48.5 Å². The van der Waals surface area contributed by atoms with Crippen LogP contribution in [0, 0.1) is 5.41 Å². The Morgan fingerprint density at radius 1 is 1.00 bits per heavy atom. The maximum atomic E-state index is 13.0. The van der Waals surface area contributed by atoms with Crippen molar-refractivity contribution in [2.75, 3.05) is 19.6 Å². The Morgan fingerprint density at radius 3 is 2.18 bits per heavy atom. The van der Waals surface area contributed by atoms with Crippen LogP contribution >= 0.6 is 12.4 Å². The Bertz CT molecular complexity index is 762. The SMILES string of the molecule is CC1(CNC(=O)C(NC(=O)c2ccccc2)c2ccccc2)CCNCC1.Cl. The molecule has 0 radical (unpaired) electrons. The van der Waals surface area contributed by atoms with Crippen molar-refractivity contribution in [3.63, 3.8) is 0 Å². The van der Waals surface area contributed by atoms with Crippen LogP contribution in [0.2, 0.25) is 0 Å². The minimum atomic E-state index is -0.718. The predicted octanol–water partition coefficient (Wildman–Crippen LogP) is 3.09. The summed E-state index contributed by atoms with van der Waals surface area (Å²) in [5, 5.41) is 9.30. The van der Waals surface area contributed by atoms with Crippen LogP contribution in [0.3, 0.4) is 0 Å². The highest BCUT2D eigenvalue weighted by atomic mass is 35.5. The lowest BCUT2D eigenvalue weighted by molar-refractivity contribution is -0.123. The van der Waals surface area contributed by atoms with Crippen LogP contribution < -0.4 is 16.0 Å². The Kier molecular flexibility index (Phi) is 8.03. The van der Waals surface area contributed by atoms with Gasteiger partial charge in [0.15, 0.2) is 0 Å². The summed E-state index contributed by atoms with van der Waals surface area (Å²) < 4.78 is 0. The zero-order valence-electron chi connectivity index (χ0n) is 16.1. The first-order chi connectivity index (χ1) is 13.1. The first-order valence-electron chi connectivity index (χ1n) is 9.47. The maximum Gasteiger partial charge on any atom is 0.252 e. The molecule has 1 aliphatic heterocycles. The van der Waals surface area contributed by atoms with Crippen LogP contribution in [0.4, 0.5) is 0 Å². The van der Waals surface area contributed by atoms with Gasteiger partial charge in [-0.15, -0.1) is 12.4 Å². The first kappa shape index (κ1) is 21.9. The van der Waals surface area contributed by atoms with Gasteiger partial charge in [-0.3, -0.25) is 9.59 Å². The summed E-state index contributed by atoms with van der Waals surface area (Å²) in [5.41, 5.74) is 1.40. The van der Waals surface area contributed by atoms with E-state index < -0.39 is 6.04 Å². The van der Waals surface area contributed by atoms with Crippen molar-refractivity contribution in [3.05, 3.63) is 71.8 Å². The summed E-state index contributed by atoms with van der Waals surface area (Å²) in [5.74, 6) is -0.432. The lowest BCUT2D eigenvalue weighted by Gasteiger charge is -2.34. The molecule has 0 aromatic heterocycles. The van der Waals surface area contributed by atoms with E-state index in [2.05, 4.69) is 22.9 Å². The van der Waals surface area contributed by atoms with Gasteiger partial charge in [0.05, 0.1) is 0 Å². The monoisotopic (exact) mass is 401 g/mol. The summed E-state index contributed by atoms with van der Waals surface area (Å²) in [7, 11) is 0. The zero-order chi connectivity index (χ0) is 19.1. The van der Waals surface area contributed by atoms with Gasteiger partial charge >= 0.3 is 0 Å². The highest BCUT2D eigenvalue weighted by molar-refractivity contribution is 5.97. The lowest BCUT2D eigenvalue weighted by atomic mass is 9.81. The Morgan fingerprint density at radius 2 is 1.57 bits per heavy atom. The molecule has 1 fully saturated rings. The molecule has 0 spiro atoms. The quantitative estimate of drug-likeness (QED) is 0.696. The number of amides is 2. The molecule has 2 amide bonds. The largest absolute Gasteiger partial charge is 0.353 e. The molecule has 1 heterocycles. The molecule has 5 nitrogen and oxygen atoms in total. The average Bonchev–Trinajstić information content (AvgIpc) is 2.72. The van der Waals surface area contributed by atoms with Crippen molar-refractivity contribution in [2.45, 2.75) is 25.8 Å². The van der Waals surface area contributed by atoms with Gasteiger partial charge in [-0.05, 0) is 49.0 Å². The molecular weight excluding hydrogens is 374 g/mol. The summed E-state index contributed by atoms with van der Waals surface area (Å²) >= 11 is 0. The number of hydrogen-bond donors (Lipinski definition) is 3. The topological polar surface area (TPSA) is 70.2 Å². The van der Waals surface area contributed by atoms with E-state index in [9.17, 15) is 9.59 Å². The Labute approximate surface area is 172 Å². The second kappa shape index (κ2) is 10.2. The molecule has 3 rings (SSSR count). The minimum Gasteiger partial charge on any atom is -0.353 e. The molecule has 28 heavy (non-hydrogen) atoms. The van der Waals surface area contributed by atoms with Gasteiger partial charge in [-0.25, -0.2) is 0 Å². The van der Waals surface area contributed by atoms with Gasteiger partial charge in [0.1, 0.15) is 6.04 Å². The van der Waals surface area contributed by atoms with E-state index in [0.717, 1.165) is 31.5 Å². The van der Waals surface area contributed by atoms with Gasteiger partial charge in [-0.1, -0.05) is 55.5 Å². The molecule has 0 bridgehead atoms. The molecule has 1 atom stereocenters. The van der Waals surface area contributed by atoms with Crippen LogP contribution in [-0.2, 0) is 4.79 Å². The van der Waals surface area contributed by atoms with Gasteiger partial charge in [0.25, 0.3) is 5.91 Å². The third-order valence-corrected chi connectivity index (χ3v) is 5.21. The molecule has 2 aromatic rings. The van der Waals surface area contributed by atoms with Crippen LogP contribution in [0.25, 0.3) is 0 Å². The number of nitrogens with one attached hydrogen (secondary N) is 3. The van der Waals surface area contributed by atoms with E-state index >= 15 is 0 Å². The summed E-state index contributed by atoms with van der Waals surface area (Å²) in [6.07, 6.45) is 2.05. The normalized spacial score (nSPS) is 16.3. The van der Waals surface area contributed by atoms with Crippen LogP contribution in [0.1, 0.15) is 41.7 Å². The third-order valence-electron chi connectivity index (χ3n) is 5.21. The van der Waals surface area contributed by atoms with Crippen LogP contribution in [0.15, 0.2) is 60.7 Å². The van der Waals surface area contributed by atoms with E-state index in [1.165, 1.54) is 0 Å². The molecule has 6 heteroatoms. The summed E-state index contributed by atoms with van der Waals surface area (Å²) in [4.78, 5) is 25.6. The fourth-order valence-corrected chi connectivity index (χ4v) is 3.36. The van der Waals surface area contributed by atoms with Gasteiger partial charge in [-0.2, -0.15) is 0 Å². The predicted molar refractivity (Wildman–Crippen MR) is 114 cm³/mol. The van der Waals surface area contributed by atoms with Crippen molar-refractivity contribution in [3.8, 4) is 0 Å². The second-order valence-corrected chi connectivity index (χ2v) is 7.46. The number of hydrogen-bond acceptors (Lipinski definition) is 3. The van der Waals surface area contributed by atoms with Crippen molar-refractivity contribution in [1.29, 1.82) is 0 Å². The number of benzene rings is 2. The second-order valence-electron chi connectivity index (χ2n) is 7.46. The Balaban J connectivity index is 0.00000280. The van der Waals surface area contributed by atoms with Gasteiger partial charge in [0, 0.05) is 12.1 Å². The maximum absolute atomic E-state index is 13.0. The van der Waals surface area contributed by atoms with Crippen molar-refractivity contribution in [2.24, 2.45) is 5.41 Å². The minimum absolute atomic E-state index is 0. The van der Waals surface area contributed by atoms with Crippen LogP contribution in [-0.4, -0.2) is 31.4 Å². The van der Waals surface area contributed by atoms with Crippen molar-refractivity contribution >= 4 is 24.2 Å². The molecule has 1 saturated heterocycles. The van der Waals surface area contributed by atoms with Gasteiger partial charge < -0.3 is 16.0 Å². The number of piperidine rings is 1. The number of rotatable bonds is 6. The molecule has 150 valence electrons. The van der Waals surface area contributed by atoms with E-state index in [0.29, 0.717) is 12.1 Å². The molecule has 2 aromatic carbocycles. The number of carbonyl (C=O) groups is 2. The molecule has 0 saturated carbocycles. The first-order valence-corrected chi connectivity index (χ1v) is 9.47. The number of carbonyl (C=O) groups excluding carboxylic acids is 2. The zero-order valence-corrected chi connectivity index (χ0v) is 16.9. The van der Waals surface area contributed by atoms with Crippen molar-refractivity contribution in [1.82, 2.24) is 16.0 Å². The smallest absolute Gasteiger partial charge is 0.252 e. The van der Waals surface area contributed by atoms with E-state index in [-0.39, 0.29) is 29.6 Å². The fraction of sp³-hybridized carbons (Fsp3) is 0.364. The highest BCUT2D eigenvalue weighted by Gasteiger charge is 2.29. The third kappa shape index (κ3) is 5.81. The standard InChI is InChI=1S/C22H27N3O2.ClH/c1-22(12-14-23-15-13-22)16-24-21(27)19(17-8-4-2-5-9-17)25-20(26)18-10-6-3-7-11-18;/h2-11,19,23H,12-16H2,1H3,(H,24,27)(H,25,26);1H. The molecule has 1 unspecified atom stereocenters. The molecule has 0 aliphatic carbocycles. The average molecular weight is 402 g/mol. The fourth-order valence-electron chi connectivity index (χ4n) is 3.36. The highest BCUT2D eigenvalue weighted by Crippen LogP contribution is 2.27. The molecular formula is C22H28ClN3O2. The molecule has 1 aliphatic rings. The summed E-state index contributed by atoms with van der Waals surface area (Å²) in [6, 6.07) is 17.6. The van der Waals surface area contributed by atoms with Gasteiger partial charge in [0.2, 0.25) is 5.91 Å². The van der Waals surface area contributed by atoms with Crippen LogP contribution in [0.5, 0.6) is 0 Å². The van der Waals surface area contributed by atoms with E-state index in [4.69, 9.17) is 0 Å². The Hall–Kier alpha value is -2.37. The lowest BCUT2D eigenvalue weighted by Crippen LogP contribution is -2.46. The van der Waals surface area contributed by atoms with E-state index in [1.54, 1.807) is 12.1 Å². The number of halogens is 1. The summed E-state index contributed by atoms with van der Waals surface area (Å²) in [6.45, 7) is 4.75.